The van der Waals surface area contributed by atoms with Crippen LogP contribution in [0.15, 0.2) is 22.7 Å². The van der Waals surface area contributed by atoms with Crippen molar-refractivity contribution in [1.29, 1.82) is 0 Å². The molecule has 0 heterocycles. The molecular weight excluding hydrogens is 455 g/mol. The van der Waals surface area contributed by atoms with Crippen LogP contribution in [0.25, 0.3) is 0 Å². The van der Waals surface area contributed by atoms with Crippen LogP contribution in [0.3, 0.4) is 0 Å². The summed E-state index contributed by atoms with van der Waals surface area (Å²) in [5.41, 5.74) is 5.12. The molecule has 0 aromatic heterocycles. The summed E-state index contributed by atoms with van der Waals surface area (Å²) in [5, 5.41) is 2.68. The van der Waals surface area contributed by atoms with Gasteiger partial charge in [0.25, 0.3) is 0 Å². The fourth-order valence-corrected chi connectivity index (χ4v) is 5.11. The third kappa shape index (κ3) is 5.02. The first kappa shape index (κ1) is 22.7. The molecule has 1 unspecified atom stereocenters. The van der Waals surface area contributed by atoms with E-state index in [0.29, 0.717) is 4.47 Å². The lowest BCUT2D eigenvalue weighted by Crippen LogP contribution is -2.51. The van der Waals surface area contributed by atoms with Crippen LogP contribution in [0.4, 0.5) is 4.39 Å². The van der Waals surface area contributed by atoms with Gasteiger partial charge in [-0.05, 0) is 69.6 Å². The number of hydrogen-bond acceptors (Lipinski definition) is 4. The number of hydrogen-bond donors (Lipinski definition) is 2. The Labute approximate surface area is 184 Å². The Hall–Kier alpha value is -1.96. The van der Waals surface area contributed by atoms with E-state index in [1.54, 1.807) is 32.9 Å². The minimum atomic E-state index is -1.06. The number of halogens is 2. The highest BCUT2D eigenvalue weighted by atomic mass is 79.9. The molecule has 8 heteroatoms. The van der Waals surface area contributed by atoms with Gasteiger partial charge in [-0.15, -0.1) is 0 Å². The Bertz CT molecular complexity index is 854. The summed E-state index contributed by atoms with van der Waals surface area (Å²) < 4.78 is 20.3. The van der Waals surface area contributed by atoms with Crippen LogP contribution in [-0.2, 0) is 25.5 Å². The van der Waals surface area contributed by atoms with Gasteiger partial charge in [0.05, 0.1) is 11.8 Å². The van der Waals surface area contributed by atoms with E-state index in [0.717, 1.165) is 19.3 Å². The second-order valence-electron chi connectivity index (χ2n) is 9.32. The van der Waals surface area contributed by atoms with Crippen molar-refractivity contribution in [1.82, 2.24) is 5.32 Å². The van der Waals surface area contributed by atoms with Crippen molar-refractivity contribution >= 4 is 33.7 Å². The Balaban J connectivity index is 1.75. The molecule has 0 spiro atoms. The predicted octanol–water partition coefficient (Wildman–Crippen LogP) is 3.10. The molecule has 3 N–H and O–H groups in total. The second kappa shape index (κ2) is 8.65. The van der Waals surface area contributed by atoms with E-state index in [2.05, 4.69) is 21.2 Å². The van der Waals surface area contributed by atoms with Crippen LogP contribution >= 0.6 is 15.9 Å². The van der Waals surface area contributed by atoms with Crippen LogP contribution < -0.4 is 11.1 Å². The van der Waals surface area contributed by atoms with Gasteiger partial charge in [0.15, 0.2) is 0 Å². The lowest BCUT2D eigenvalue weighted by atomic mass is 9.78. The normalized spacial score (nSPS) is 26.3. The smallest absolute Gasteiger partial charge is 0.310 e. The SMILES string of the molecule is CC(C)(C)OC(=O)C1[C@@H]2CC[C@@H](C2)[C@H]1C(=O)N[C@@H](Cc1ccc(Br)cc1F)C(N)=O. The number of carbonyl (C=O) groups is 3. The van der Waals surface area contributed by atoms with Gasteiger partial charge in [0.1, 0.15) is 17.5 Å². The summed E-state index contributed by atoms with van der Waals surface area (Å²) in [4.78, 5) is 37.9. The summed E-state index contributed by atoms with van der Waals surface area (Å²) >= 11 is 3.19. The lowest BCUT2D eigenvalue weighted by Gasteiger charge is -2.32. The molecule has 5 atom stereocenters. The fourth-order valence-electron chi connectivity index (χ4n) is 4.78. The zero-order chi connectivity index (χ0) is 22.2. The standard InChI is InChI=1S/C22H28BrFN2O4/c1-22(2,3)30-21(29)18-13-5-4-12(8-13)17(18)20(28)26-16(19(25)27)9-11-6-7-14(23)10-15(11)24/h6-7,10,12-13,16-18H,4-5,8-9H2,1-3H3,(H2,25,27)(H,26,28)/t12-,13+,16-,17+,18?/m0/s1. The fraction of sp³-hybridized carbons (Fsp3) is 0.591. The third-order valence-electron chi connectivity index (χ3n) is 6.00. The van der Waals surface area contributed by atoms with E-state index in [9.17, 15) is 18.8 Å². The minimum absolute atomic E-state index is 0.0574. The predicted molar refractivity (Wildman–Crippen MR) is 113 cm³/mol. The van der Waals surface area contributed by atoms with Gasteiger partial charge in [0.2, 0.25) is 11.8 Å². The number of rotatable bonds is 6. The highest BCUT2D eigenvalue weighted by Gasteiger charge is 2.55. The van der Waals surface area contributed by atoms with Crippen molar-refractivity contribution in [2.24, 2.45) is 29.4 Å². The quantitative estimate of drug-likeness (QED) is 0.608. The van der Waals surface area contributed by atoms with Gasteiger partial charge in [0, 0.05) is 10.9 Å². The van der Waals surface area contributed by atoms with Gasteiger partial charge >= 0.3 is 5.97 Å². The van der Waals surface area contributed by atoms with Crippen molar-refractivity contribution in [3.8, 4) is 0 Å². The first-order chi connectivity index (χ1) is 14.0. The molecule has 164 valence electrons. The molecule has 1 aromatic carbocycles. The Morgan fingerprint density at radius 2 is 1.87 bits per heavy atom. The number of amides is 2. The van der Waals surface area contributed by atoms with E-state index in [4.69, 9.17) is 10.5 Å². The average molecular weight is 483 g/mol. The number of esters is 1. The topological polar surface area (TPSA) is 98.5 Å². The van der Waals surface area contributed by atoms with Crippen LogP contribution in [0.5, 0.6) is 0 Å². The molecule has 30 heavy (non-hydrogen) atoms. The van der Waals surface area contributed by atoms with Crippen LogP contribution in [0.2, 0.25) is 0 Å². The molecule has 2 fully saturated rings. The van der Waals surface area contributed by atoms with E-state index in [1.165, 1.54) is 6.07 Å². The number of carbonyl (C=O) groups excluding carboxylic acids is 3. The zero-order valence-corrected chi connectivity index (χ0v) is 19.0. The van der Waals surface area contributed by atoms with Crippen LogP contribution in [0.1, 0.15) is 45.6 Å². The average Bonchev–Trinajstić information content (AvgIpc) is 3.22. The van der Waals surface area contributed by atoms with Crippen molar-refractivity contribution < 1.29 is 23.5 Å². The number of benzene rings is 1. The van der Waals surface area contributed by atoms with Gasteiger partial charge in [-0.3, -0.25) is 14.4 Å². The van der Waals surface area contributed by atoms with Gasteiger partial charge in [-0.1, -0.05) is 22.0 Å². The highest BCUT2D eigenvalue weighted by Crippen LogP contribution is 2.53. The summed E-state index contributed by atoms with van der Waals surface area (Å²) in [5.74, 6) is -2.90. The van der Waals surface area contributed by atoms with Crippen molar-refractivity contribution in [2.45, 2.75) is 58.1 Å². The first-order valence-electron chi connectivity index (χ1n) is 10.2. The van der Waals surface area contributed by atoms with E-state index >= 15 is 0 Å². The molecule has 2 aliphatic carbocycles. The van der Waals surface area contributed by atoms with Gasteiger partial charge < -0.3 is 15.8 Å². The van der Waals surface area contributed by atoms with Crippen molar-refractivity contribution in [2.75, 3.05) is 0 Å². The molecule has 0 saturated heterocycles. The molecule has 2 amide bonds. The second-order valence-corrected chi connectivity index (χ2v) is 10.2. The molecule has 1 aromatic rings. The van der Waals surface area contributed by atoms with E-state index in [-0.39, 0.29) is 35.7 Å². The first-order valence-corrected chi connectivity index (χ1v) is 11.0. The van der Waals surface area contributed by atoms with Crippen molar-refractivity contribution in [3.05, 3.63) is 34.1 Å². The Morgan fingerprint density at radius 1 is 1.23 bits per heavy atom. The summed E-state index contributed by atoms with van der Waals surface area (Å²) in [7, 11) is 0. The van der Waals surface area contributed by atoms with E-state index in [1.807, 2.05) is 0 Å². The third-order valence-corrected chi connectivity index (χ3v) is 6.49. The highest BCUT2D eigenvalue weighted by molar-refractivity contribution is 9.10. The van der Waals surface area contributed by atoms with Gasteiger partial charge in [-0.2, -0.15) is 0 Å². The Kier molecular flexibility index (Phi) is 6.55. The number of nitrogens with one attached hydrogen (secondary N) is 1. The van der Waals surface area contributed by atoms with Crippen LogP contribution in [0, 0.1) is 29.5 Å². The van der Waals surface area contributed by atoms with Crippen LogP contribution in [-0.4, -0.2) is 29.4 Å². The number of fused-ring (bicyclic) bond motifs is 2. The summed E-state index contributed by atoms with van der Waals surface area (Å²) in [6, 6.07) is 3.44. The number of nitrogens with two attached hydrogens (primary N) is 1. The number of primary amides is 1. The zero-order valence-electron chi connectivity index (χ0n) is 17.4. The lowest BCUT2D eigenvalue weighted by molar-refractivity contribution is -0.166. The summed E-state index contributed by atoms with van der Waals surface area (Å²) in [6.07, 6.45) is 2.50. The molecule has 0 aliphatic heterocycles. The van der Waals surface area contributed by atoms with Gasteiger partial charge in [-0.25, -0.2) is 4.39 Å². The molecule has 2 bridgehead atoms. The molecule has 6 nitrogen and oxygen atoms in total. The molecular formula is C22H28BrFN2O4. The molecule has 2 aliphatic rings. The maximum absolute atomic E-state index is 14.2. The molecule has 3 rings (SSSR count). The Morgan fingerprint density at radius 3 is 2.43 bits per heavy atom. The van der Waals surface area contributed by atoms with E-state index < -0.39 is 35.2 Å². The molecule has 0 radical (unpaired) electrons. The minimum Gasteiger partial charge on any atom is -0.460 e. The summed E-state index contributed by atoms with van der Waals surface area (Å²) in [6.45, 7) is 5.38. The molecule has 2 saturated carbocycles. The maximum Gasteiger partial charge on any atom is 0.310 e. The monoisotopic (exact) mass is 482 g/mol. The maximum atomic E-state index is 14.2. The number of ether oxygens (including phenoxy) is 1. The van der Waals surface area contributed by atoms with Crippen molar-refractivity contribution in [3.63, 3.8) is 0 Å². The largest absolute Gasteiger partial charge is 0.460 e.